The van der Waals surface area contributed by atoms with Crippen LogP contribution in [0.5, 0.6) is 5.75 Å². The highest BCUT2D eigenvalue weighted by atomic mass is 32.2. The Morgan fingerprint density at radius 1 is 1.16 bits per heavy atom. The molecule has 2 aromatic rings. The number of aromatic nitrogens is 3. The van der Waals surface area contributed by atoms with Crippen molar-refractivity contribution in [1.82, 2.24) is 25.4 Å². The van der Waals surface area contributed by atoms with E-state index in [9.17, 15) is 9.59 Å². The zero-order valence-electron chi connectivity index (χ0n) is 19.1. The highest BCUT2D eigenvalue weighted by Gasteiger charge is 2.23. The molecule has 0 saturated heterocycles. The van der Waals surface area contributed by atoms with Crippen molar-refractivity contribution >= 4 is 23.6 Å². The van der Waals surface area contributed by atoms with Gasteiger partial charge in [0, 0.05) is 12.6 Å². The molecule has 0 bridgehead atoms. The van der Waals surface area contributed by atoms with Crippen LogP contribution in [0.25, 0.3) is 0 Å². The largest absolute Gasteiger partial charge is 0.497 e. The van der Waals surface area contributed by atoms with Crippen LogP contribution < -0.4 is 15.4 Å². The van der Waals surface area contributed by atoms with Crippen LogP contribution in [0.2, 0.25) is 0 Å². The van der Waals surface area contributed by atoms with Crippen LogP contribution >= 0.6 is 11.8 Å². The molecule has 0 aliphatic heterocycles. The molecule has 8 nitrogen and oxygen atoms in total. The average Bonchev–Trinajstić information content (AvgIpc) is 3.20. The maximum absolute atomic E-state index is 12.4. The maximum atomic E-state index is 12.4. The molecule has 32 heavy (non-hydrogen) atoms. The summed E-state index contributed by atoms with van der Waals surface area (Å²) in [7, 11) is 1.61. The second-order valence-corrected chi connectivity index (χ2v) is 9.11. The molecule has 9 heteroatoms. The summed E-state index contributed by atoms with van der Waals surface area (Å²) in [5.74, 6) is 2.23. The average molecular weight is 460 g/mol. The molecule has 1 saturated carbocycles. The summed E-state index contributed by atoms with van der Waals surface area (Å²) in [5, 5.41) is 15.2. The van der Waals surface area contributed by atoms with Gasteiger partial charge >= 0.3 is 0 Å². The first kappa shape index (κ1) is 24.1. The van der Waals surface area contributed by atoms with Crippen molar-refractivity contribution < 1.29 is 14.3 Å². The van der Waals surface area contributed by atoms with Gasteiger partial charge in [-0.2, -0.15) is 0 Å². The van der Waals surface area contributed by atoms with Crippen molar-refractivity contribution in [2.24, 2.45) is 5.92 Å². The normalized spacial score (nSPS) is 18.2. The van der Waals surface area contributed by atoms with Crippen LogP contribution in [0.3, 0.4) is 0 Å². The van der Waals surface area contributed by atoms with Crippen LogP contribution in [0.15, 0.2) is 29.4 Å². The van der Waals surface area contributed by atoms with E-state index in [1.165, 1.54) is 31.0 Å². The van der Waals surface area contributed by atoms with E-state index in [-0.39, 0.29) is 24.3 Å². The first-order valence-electron chi connectivity index (χ1n) is 11.2. The lowest BCUT2D eigenvalue weighted by atomic mass is 9.86. The Morgan fingerprint density at radius 2 is 1.91 bits per heavy atom. The molecule has 0 unspecified atom stereocenters. The number of hydrogen-bond acceptors (Lipinski definition) is 6. The first-order chi connectivity index (χ1) is 15.5. The number of nitrogens with one attached hydrogen (secondary N) is 2. The summed E-state index contributed by atoms with van der Waals surface area (Å²) in [6.45, 7) is 5.17. The SMILES string of the molecule is CCn1c(CNC(=O)Cc2ccc(OC)cc2)nnc1SCC(=O)N[C@H]1CCCC[C@H]1C. The number of benzene rings is 1. The molecular formula is C23H33N5O3S. The summed E-state index contributed by atoms with van der Waals surface area (Å²) in [6.07, 6.45) is 4.95. The van der Waals surface area contributed by atoms with Gasteiger partial charge in [0.15, 0.2) is 11.0 Å². The number of ether oxygens (including phenoxy) is 1. The van der Waals surface area contributed by atoms with E-state index in [1.807, 2.05) is 35.8 Å². The van der Waals surface area contributed by atoms with E-state index in [0.717, 1.165) is 17.7 Å². The number of carbonyl (C=O) groups is 2. The van der Waals surface area contributed by atoms with Crippen LogP contribution in [0.1, 0.15) is 50.9 Å². The Hall–Kier alpha value is -2.55. The number of carbonyl (C=O) groups excluding carboxylic acids is 2. The predicted molar refractivity (Wildman–Crippen MR) is 125 cm³/mol. The molecule has 1 aliphatic rings. The molecule has 1 fully saturated rings. The Bertz CT molecular complexity index is 900. The topological polar surface area (TPSA) is 98.1 Å². The second kappa shape index (κ2) is 11.9. The lowest BCUT2D eigenvalue weighted by molar-refractivity contribution is -0.121. The minimum absolute atomic E-state index is 0.0359. The van der Waals surface area contributed by atoms with Gasteiger partial charge in [0.2, 0.25) is 11.8 Å². The third kappa shape index (κ3) is 6.72. The summed E-state index contributed by atoms with van der Waals surface area (Å²) < 4.78 is 7.08. The zero-order valence-corrected chi connectivity index (χ0v) is 19.9. The minimum atomic E-state index is -0.0870. The second-order valence-electron chi connectivity index (χ2n) is 8.17. The summed E-state index contributed by atoms with van der Waals surface area (Å²) in [6, 6.07) is 7.70. The zero-order chi connectivity index (χ0) is 22.9. The third-order valence-electron chi connectivity index (χ3n) is 5.87. The molecule has 2 atom stereocenters. The Morgan fingerprint density at radius 3 is 2.59 bits per heavy atom. The fourth-order valence-electron chi connectivity index (χ4n) is 3.95. The number of methoxy groups -OCH3 is 1. The number of nitrogens with zero attached hydrogens (tertiary/aromatic N) is 3. The monoisotopic (exact) mass is 459 g/mol. The van der Waals surface area contributed by atoms with Gasteiger partial charge in [0.25, 0.3) is 0 Å². The van der Waals surface area contributed by atoms with Crippen LogP contribution in [-0.2, 0) is 29.1 Å². The van der Waals surface area contributed by atoms with Crippen molar-refractivity contribution in [3.05, 3.63) is 35.7 Å². The molecule has 174 valence electrons. The number of hydrogen-bond donors (Lipinski definition) is 2. The van der Waals surface area contributed by atoms with Gasteiger partial charge < -0.3 is 19.9 Å². The highest BCUT2D eigenvalue weighted by molar-refractivity contribution is 7.99. The van der Waals surface area contributed by atoms with Gasteiger partial charge in [-0.15, -0.1) is 10.2 Å². The van der Waals surface area contributed by atoms with E-state index < -0.39 is 0 Å². The number of rotatable bonds is 10. The van der Waals surface area contributed by atoms with Crippen molar-refractivity contribution in [1.29, 1.82) is 0 Å². The molecule has 0 radical (unpaired) electrons. The van der Waals surface area contributed by atoms with E-state index >= 15 is 0 Å². The highest BCUT2D eigenvalue weighted by Crippen LogP contribution is 2.24. The van der Waals surface area contributed by atoms with Crippen LogP contribution in [-0.4, -0.2) is 45.5 Å². The predicted octanol–water partition coefficient (Wildman–Crippen LogP) is 2.95. The summed E-state index contributed by atoms with van der Waals surface area (Å²) in [4.78, 5) is 24.7. The summed E-state index contributed by atoms with van der Waals surface area (Å²) >= 11 is 1.38. The number of amides is 2. The van der Waals surface area contributed by atoms with Gasteiger partial charge in [-0.3, -0.25) is 9.59 Å². The lowest BCUT2D eigenvalue weighted by Gasteiger charge is -2.29. The van der Waals surface area contributed by atoms with Crippen molar-refractivity contribution in [2.45, 2.75) is 70.2 Å². The fraction of sp³-hybridized carbons (Fsp3) is 0.565. The van der Waals surface area contributed by atoms with Crippen molar-refractivity contribution in [3.8, 4) is 5.75 Å². The van der Waals surface area contributed by atoms with Gasteiger partial charge in [-0.1, -0.05) is 43.7 Å². The quantitative estimate of drug-likeness (QED) is 0.530. The summed E-state index contributed by atoms with van der Waals surface area (Å²) in [5.41, 5.74) is 0.912. The van der Waals surface area contributed by atoms with E-state index in [0.29, 0.717) is 35.7 Å². The molecule has 3 rings (SSSR count). The molecule has 2 N–H and O–H groups in total. The van der Waals surface area contributed by atoms with Gasteiger partial charge in [-0.05, 0) is 43.4 Å². The smallest absolute Gasteiger partial charge is 0.230 e. The Labute approximate surface area is 193 Å². The van der Waals surface area contributed by atoms with E-state index in [4.69, 9.17) is 4.74 Å². The van der Waals surface area contributed by atoms with Crippen molar-refractivity contribution in [3.63, 3.8) is 0 Å². The van der Waals surface area contributed by atoms with Crippen LogP contribution in [0, 0.1) is 5.92 Å². The molecule has 2 amide bonds. The Balaban J connectivity index is 1.48. The number of thioether (sulfide) groups is 1. The standard InChI is InChI=1S/C23H33N5O3S/c1-4-28-20(14-24-21(29)13-17-9-11-18(31-3)12-10-17)26-27-23(28)32-15-22(30)25-19-8-6-5-7-16(19)2/h9-12,16,19H,4-8,13-15H2,1-3H3,(H,24,29)(H,25,30)/t16-,19+/m1/s1. The minimum Gasteiger partial charge on any atom is -0.497 e. The Kier molecular flexibility index (Phi) is 8.96. The van der Waals surface area contributed by atoms with Crippen molar-refractivity contribution in [2.75, 3.05) is 12.9 Å². The van der Waals surface area contributed by atoms with Gasteiger partial charge in [0.1, 0.15) is 5.75 Å². The van der Waals surface area contributed by atoms with E-state index in [1.54, 1.807) is 7.11 Å². The maximum Gasteiger partial charge on any atom is 0.230 e. The molecule has 1 aromatic heterocycles. The molecule has 1 aromatic carbocycles. The van der Waals surface area contributed by atoms with E-state index in [2.05, 4.69) is 27.8 Å². The first-order valence-corrected chi connectivity index (χ1v) is 12.2. The molecule has 1 heterocycles. The molecule has 0 spiro atoms. The molecule has 1 aliphatic carbocycles. The lowest BCUT2D eigenvalue weighted by Crippen LogP contribution is -2.41. The van der Waals surface area contributed by atoms with Gasteiger partial charge in [0.05, 0.1) is 25.8 Å². The molecular weight excluding hydrogens is 426 g/mol. The third-order valence-corrected chi connectivity index (χ3v) is 6.83. The van der Waals surface area contributed by atoms with Gasteiger partial charge in [-0.25, -0.2) is 0 Å². The van der Waals surface area contributed by atoms with Crippen LogP contribution in [0.4, 0.5) is 0 Å². The fourth-order valence-corrected chi connectivity index (χ4v) is 4.78.